The number of imide groups is 1. The van der Waals surface area contributed by atoms with E-state index >= 15 is 0 Å². The molecule has 124 valence electrons. The Morgan fingerprint density at radius 2 is 1.46 bits per heavy atom. The van der Waals surface area contributed by atoms with Gasteiger partial charge in [0.1, 0.15) is 0 Å². The first-order valence-corrected chi connectivity index (χ1v) is 8.20. The Hall–Kier alpha value is -2.46. The van der Waals surface area contributed by atoms with Crippen LogP contribution in [-0.4, -0.2) is 35.3 Å². The van der Waals surface area contributed by atoms with Crippen LogP contribution in [0.5, 0.6) is 0 Å². The maximum absolute atomic E-state index is 12.4. The predicted octanol–water partition coefficient (Wildman–Crippen LogP) is 3.50. The summed E-state index contributed by atoms with van der Waals surface area (Å²) < 4.78 is 0. The van der Waals surface area contributed by atoms with Crippen LogP contribution in [0.4, 0.5) is 0 Å². The molecule has 0 unspecified atom stereocenters. The molecule has 4 heteroatoms. The summed E-state index contributed by atoms with van der Waals surface area (Å²) in [7, 11) is 1.92. The number of nitrogens with zero attached hydrogens (tertiary/aromatic N) is 2. The van der Waals surface area contributed by atoms with Gasteiger partial charge in [-0.1, -0.05) is 50.2 Å². The highest BCUT2D eigenvalue weighted by Crippen LogP contribution is 2.23. The number of rotatable bonds is 5. The Kier molecular flexibility index (Phi) is 4.49. The Morgan fingerprint density at radius 3 is 1.96 bits per heavy atom. The van der Waals surface area contributed by atoms with E-state index in [-0.39, 0.29) is 18.5 Å². The number of hydrogen-bond donors (Lipinski definition) is 0. The molecule has 1 aliphatic heterocycles. The third-order valence-electron chi connectivity index (χ3n) is 4.36. The molecule has 1 heterocycles. The smallest absolute Gasteiger partial charge is 0.262 e. The summed E-state index contributed by atoms with van der Waals surface area (Å²) in [5.74, 6) is 0.0883. The molecular formula is C20H22N2O2. The van der Waals surface area contributed by atoms with Gasteiger partial charge in [0.2, 0.25) is 0 Å². The second kappa shape index (κ2) is 6.57. The molecule has 3 rings (SSSR count). The second-order valence-electron chi connectivity index (χ2n) is 6.64. The predicted molar refractivity (Wildman–Crippen MR) is 93.8 cm³/mol. The van der Waals surface area contributed by atoms with Gasteiger partial charge in [-0.25, -0.2) is 0 Å². The van der Waals surface area contributed by atoms with Crippen LogP contribution in [0.25, 0.3) is 0 Å². The van der Waals surface area contributed by atoms with Crippen molar-refractivity contribution < 1.29 is 9.59 Å². The van der Waals surface area contributed by atoms with Crippen molar-refractivity contribution in [2.75, 3.05) is 13.7 Å². The lowest BCUT2D eigenvalue weighted by atomic mass is 10.0. The van der Waals surface area contributed by atoms with Gasteiger partial charge in [0.05, 0.1) is 17.8 Å². The van der Waals surface area contributed by atoms with Gasteiger partial charge in [-0.3, -0.25) is 19.4 Å². The molecule has 0 bridgehead atoms. The van der Waals surface area contributed by atoms with Crippen molar-refractivity contribution in [1.82, 2.24) is 9.80 Å². The van der Waals surface area contributed by atoms with Crippen molar-refractivity contribution in [2.24, 2.45) is 0 Å². The van der Waals surface area contributed by atoms with Crippen LogP contribution in [0.2, 0.25) is 0 Å². The molecule has 0 atom stereocenters. The quantitative estimate of drug-likeness (QED) is 0.791. The maximum atomic E-state index is 12.4. The molecule has 0 saturated heterocycles. The fourth-order valence-electron chi connectivity index (χ4n) is 2.98. The summed E-state index contributed by atoms with van der Waals surface area (Å²) in [6, 6.07) is 15.5. The normalized spacial score (nSPS) is 14.0. The zero-order valence-electron chi connectivity index (χ0n) is 14.3. The number of hydrogen-bond acceptors (Lipinski definition) is 3. The van der Waals surface area contributed by atoms with Crippen LogP contribution < -0.4 is 0 Å². The fraction of sp³-hybridized carbons (Fsp3) is 0.300. The number of carbonyl (C=O) groups excluding carboxylic acids is 2. The molecule has 0 N–H and O–H groups in total. The Balaban J connectivity index is 1.66. The lowest BCUT2D eigenvalue weighted by Crippen LogP contribution is -2.39. The molecule has 0 radical (unpaired) electrons. The van der Waals surface area contributed by atoms with Gasteiger partial charge in [0.25, 0.3) is 11.8 Å². The van der Waals surface area contributed by atoms with E-state index in [1.807, 2.05) is 11.9 Å². The minimum atomic E-state index is -0.211. The van der Waals surface area contributed by atoms with Crippen molar-refractivity contribution in [3.8, 4) is 0 Å². The molecule has 1 aliphatic rings. The largest absolute Gasteiger partial charge is 0.284 e. The fourth-order valence-corrected chi connectivity index (χ4v) is 2.98. The molecule has 0 aromatic heterocycles. The van der Waals surface area contributed by atoms with Crippen molar-refractivity contribution in [1.29, 1.82) is 0 Å². The second-order valence-corrected chi connectivity index (χ2v) is 6.64. The topological polar surface area (TPSA) is 40.6 Å². The molecule has 0 aliphatic carbocycles. The third kappa shape index (κ3) is 3.10. The van der Waals surface area contributed by atoms with E-state index in [1.54, 1.807) is 24.3 Å². The van der Waals surface area contributed by atoms with Gasteiger partial charge in [-0.05, 0) is 36.2 Å². The van der Waals surface area contributed by atoms with Gasteiger partial charge in [-0.15, -0.1) is 0 Å². The highest BCUT2D eigenvalue weighted by Gasteiger charge is 2.35. The Bertz CT molecular complexity index is 730. The van der Waals surface area contributed by atoms with Crippen molar-refractivity contribution >= 4 is 11.8 Å². The first-order valence-electron chi connectivity index (χ1n) is 8.20. The van der Waals surface area contributed by atoms with Crippen LogP contribution in [-0.2, 0) is 6.54 Å². The van der Waals surface area contributed by atoms with Gasteiger partial charge >= 0.3 is 0 Å². The van der Waals surface area contributed by atoms with Gasteiger partial charge in [0.15, 0.2) is 0 Å². The molecule has 2 amide bonds. The zero-order chi connectivity index (χ0) is 17.3. The van der Waals surface area contributed by atoms with E-state index in [0.717, 1.165) is 0 Å². The average molecular weight is 322 g/mol. The van der Waals surface area contributed by atoms with E-state index in [2.05, 4.69) is 38.1 Å². The van der Waals surface area contributed by atoms with Gasteiger partial charge in [0, 0.05) is 6.54 Å². The number of carbonyl (C=O) groups is 2. The van der Waals surface area contributed by atoms with Gasteiger partial charge < -0.3 is 0 Å². The first-order chi connectivity index (χ1) is 11.5. The van der Waals surface area contributed by atoms with Crippen LogP contribution in [0.15, 0.2) is 48.5 Å². The van der Waals surface area contributed by atoms with Crippen LogP contribution in [0, 0.1) is 0 Å². The summed E-state index contributed by atoms with van der Waals surface area (Å²) in [6.45, 7) is 5.32. The molecule has 0 fully saturated rings. The molecule has 2 aromatic rings. The summed E-state index contributed by atoms with van der Waals surface area (Å²) >= 11 is 0. The number of fused-ring (bicyclic) bond motifs is 1. The molecule has 0 saturated carbocycles. The van der Waals surface area contributed by atoms with Crippen LogP contribution in [0.3, 0.4) is 0 Å². The Labute approximate surface area is 142 Å². The van der Waals surface area contributed by atoms with Crippen molar-refractivity contribution in [2.45, 2.75) is 26.3 Å². The minimum Gasteiger partial charge on any atom is -0.284 e. The minimum absolute atomic E-state index is 0.211. The monoisotopic (exact) mass is 322 g/mol. The molecule has 4 nitrogen and oxygen atoms in total. The molecule has 24 heavy (non-hydrogen) atoms. The maximum Gasteiger partial charge on any atom is 0.262 e. The van der Waals surface area contributed by atoms with E-state index < -0.39 is 0 Å². The third-order valence-corrected chi connectivity index (χ3v) is 4.36. The van der Waals surface area contributed by atoms with E-state index in [4.69, 9.17) is 0 Å². The number of benzene rings is 2. The lowest BCUT2D eigenvalue weighted by Gasteiger charge is -2.23. The zero-order valence-corrected chi connectivity index (χ0v) is 14.3. The summed E-state index contributed by atoms with van der Waals surface area (Å²) in [6.07, 6.45) is 0. The standard InChI is InChI=1S/C20H22N2O2/c1-14(2)16-10-8-15(9-11-16)12-21(3)13-22-19(23)17-6-4-5-7-18(17)20(22)24/h4-11,14H,12-13H2,1-3H3. The van der Waals surface area contributed by atoms with Crippen molar-refractivity contribution in [3.63, 3.8) is 0 Å². The average Bonchev–Trinajstić information content (AvgIpc) is 2.81. The molecule has 0 spiro atoms. The highest BCUT2D eigenvalue weighted by molar-refractivity contribution is 6.21. The lowest BCUT2D eigenvalue weighted by molar-refractivity contribution is 0.0559. The molecule has 2 aromatic carbocycles. The van der Waals surface area contributed by atoms with E-state index in [1.165, 1.54) is 16.0 Å². The SMILES string of the molecule is CC(C)c1ccc(CN(C)CN2C(=O)c3ccccc3C2=O)cc1. The van der Waals surface area contributed by atoms with Gasteiger partial charge in [-0.2, -0.15) is 0 Å². The van der Waals surface area contributed by atoms with Crippen molar-refractivity contribution in [3.05, 3.63) is 70.8 Å². The number of amides is 2. The van der Waals surface area contributed by atoms with Crippen LogP contribution in [0.1, 0.15) is 51.6 Å². The van der Waals surface area contributed by atoms with Crippen LogP contribution >= 0.6 is 0 Å². The van der Waals surface area contributed by atoms with E-state index in [9.17, 15) is 9.59 Å². The summed E-state index contributed by atoms with van der Waals surface area (Å²) in [5, 5.41) is 0. The highest BCUT2D eigenvalue weighted by atomic mass is 16.2. The van der Waals surface area contributed by atoms with E-state index in [0.29, 0.717) is 23.6 Å². The molecular weight excluding hydrogens is 300 g/mol. The Morgan fingerprint density at radius 1 is 0.917 bits per heavy atom. The summed E-state index contributed by atoms with van der Waals surface area (Å²) in [4.78, 5) is 28.1. The first kappa shape index (κ1) is 16.4. The summed E-state index contributed by atoms with van der Waals surface area (Å²) in [5.41, 5.74) is 3.47.